The van der Waals surface area contributed by atoms with E-state index >= 15 is 0 Å². The number of carbonyl (C=O) groups excluding carboxylic acids is 1. The predicted molar refractivity (Wildman–Crippen MR) is 126 cm³/mol. The van der Waals surface area contributed by atoms with Gasteiger partial charge in [0.05, 0.1) is 12.9 Å². The highest BCUT2D eigenvalue weighted by Gasteiger charge is 2.17. The van der Waals surface area contributed by atoms with E-state index in [1.165, 1.54) is 16.6 Å². The van der Waals surface area contributed by atoms with Crippen LogP contribution in [0.1, 0.15) is 10.7 Å². The van der Waals surface area contributed by atoms with E-state index in [1.54, 1.807) is 24.5 Å². The third-order valence-electron chi connectivity index (χ3n) is 4.38. The zero-order chi connectivity index (χ0) is 21.6. The fraction of sp³-hybridized carbons (Fsp3) is 0.136. The molecule has 9 heteroatoms. The number of aromatic nitrogens is 3. The Morgan fingerprint density at radius 1 is 1.16 bits per heavy atom. The van der Waals surface area contributed by atoms with Gasteiger partial charge in [0, 0.05) is 33.8 Å². The number of halogens is 1. The molecule has 0 saturated heterocycles. The Balaban J connectivity index is 1.52. The molecule has 2 heterocycles. The minimum absolute atomic E-state index is 0.135. The maximum atomic E-state index is 12.5. The molecule has 4 rings (SSSR count). The van der Waals surface area contributed by atoms with Crippen LogP contribution in [0.2, 0.25) is 5.02 Å². The largest absolute Gasteiger partial charge is 0.497 e. The molecule has 0 aliphatic carbocycles. The van der Waals surface area contributed by atoms with E-state index in [0.29, 0.717) is 28.0 Å². The molecule has 158 valence electrons. The van der Waals surface area contributed by atoms with Gasteiger partial charge < -0.3 is 10.1 Å². The fourth-order valence-corrected chi connectivity index (χ4v) is 4.55. The van der Waals surface area contributed by atoms with E-state index in [2.05, 4.69) is 21.6 Å². The average Bonchev–Trinajstić information content (AvgIpc) is 3.43. The lowest BCUT2D eigenvalue weighted by atomic mass is 10.3. The van der Waals surface area contributed by atoms with E-state index in [-0.39, 0.29) is 11.7 Å². The third kappa shape index (κ3) is 5.46. The average molecular weight is 471 g/mol. The summed E-state index contributed by atoms with van der Waals surface area (Å²) in [6.07, 6.45) is 0.657. The van der Waals surface area contributed by atoms with Gasteiger partial charge in [-0.05, 0) is 47.8 Å². The Labute approximate surface area is 193 Å². The molecule has 0 aliphatic rings. The van der Waals surface area contributed by atoms with Gasteiger partial charge in [0.15, 0.2) is 5.16 Å². The van der Waals surface area contributed by atoms with Crippen LogP contribution in [0.15, 0.2) is 71.2 Å². The van der Waals surface area contributed by atoms with Crippen molar-refractivity contribution in [3.8, 4) is 11.4 Å². The van der Waals surface area contributed by atoms with E-state index in [4.69, 9.17) is 16.3 Å². The van der Waals surface area contributed by atoms with Crippen molar-refractivity contribution in [1.29, 1.82) is 0 Å². The molecule has 2 aromatic heterocycles. The molecule has 0 saturated carbocycles. The lowest BCUT2D eigenvalue weighted by Gasteiger charge is -2.10. The summed E-state index contributed by atoms with van der Waals surface area (Å²) in [6.45, 7) is 0. The van der Waals surface area contributed by atoms with Crippen LogP contribution in [0.4, 0.5) is 5.69 Å². The molecular weight excluding hydrogens is 452 g/mol. The summed E-state index contributed by atoms with van der Waals surface area (Å²) in [5, 5.41) is 15.0. The van der Waals surface area contributed by atoms with Gasteiger partial charge >= 0.3 is 0 Å². The first-order valence-electron chi connectivity index (χ1n) is 9.41. The molecule has 0 aliphatic heterocycles. The molecule has 1 amide bonds. The number of benzene rings is 2. The Kier molecular flexibility index (Phi) is 6.91. The number of anilines is 1. The van der Waals surface area contributed by atoms with Gasteiger partial charge in [-0.15, -0.1) is 21.5 Å². The number of thiophene rings is 1. The standard InChI is InChI=1S/C22H19ClN4O2S2/c1-29-18-5-2-4-16(12-18)24-21(28)14-31-22-26-25-20(13-19-6-3-11-30-19)27(22)17-9-7-15(23)8-10-17/h2-12H,13-14H2,1H3,(H,24,28). The maximum absolute atomic E-state index is 12.5. The number of amides is 1. The van der Waals surface area contributed by atoms with Gasteiger partial charge in [-0.2, -0.15) is 0 Å². The number of nitrogens with one attached hydrogen (secondary N) is 1. The summed E-state index contributed by atoms with van der Waals surface area (Å²) in [4.78, 5) is 13.7. The Hall–Kier alpha value is -2.81. The van der Waals surface area contributed by atoms with Gasteiger partial charge in [0.25, 0.3) is 0 Å². The zero-order valence-electron chi connectivity index (χ0n) is 16.6. The van der Waals surface area contributed by atoms with Crippen LogP contribution in [-0.2, 0) is 11.2 Å². The number of ether oxygens (including phenoxy) is 1. The summed E-state index contributed by atoms with van der Waals surface area (Å²) >= 11 is 9.07. The normalized spacial score (nSPS) is 10.8. The molecule has 0 unspecified atom stereocenters. The second-order valence-electron chi connectivity index (χ2n) is 6.54. The number of hydrogen-bond donors (Lipinski definition) is 1. The van der Waals surface area contributed by atoms with Crippen molar-refractivity contribution in [1.82, 2.24) is 14.8 Å². The highest BCUT2D eigenvalue weighted by atomic mass is 35.5. The second-order valence-corrected chi connectivity index (χ2v) is 8.95. The van der Waals surface area contributed by atoms with E-state index in [0.717, 1.165) is 11.5 Å². The Bertz CT molecular complexity index is 1160. The summed E-state index contributed by atoms with van der Waals surface area (Å²) < 4.78 is 7.17. The number of rotatable bonds is 8. The molecule has 4 aromatic rings. The summed E-state index contributed by atoms with van der Waals surface area (Å²) in [5.41, 5.74) is 1.58. The van der Waals surface area contributed by atoms with Gasteiger partial charge in [-0.25, -0.2) is 0 Å². The minimum atomic E-state index is -0.135. The van der Waals surface area contributed by atoms with Crippen molar-refractivity contribution in [2.24, 2.45) is 0 Å². The number of methoxy groups -OCH3 is 1. The first-order valence-corrected chi connectivity index (χ1v) is 11.7. The molecule has 0 fully saturated rings. The number of hydrogen-bond acceptors (Lipinski definition) is 6. The topological polar surface area (TPSA) is 69.0 Å². The van der Waals surface area contributed by atoms with Crippen LogP contribution in [0, 0.1) is 0 Å². The van der Waals surface area contributed by atoms with Crippen molar-refractivity contribution >= 4 is 46.3 Å². The number of nitrogens with zero attached hydrogens (tertiary/aromatic N) is 3. The van der Waals surface area contributed by atoms with Crippen molar-refractivity contribution < 1.29 is 9.53 Å². The quantitative estimate of drug-likeness (QED) is 0.353. The summed E-state index contributed by atoms with van der Waals surface area (Å²) in [6, 6.07) is 18.8. The first kappa shape index (κ1) is 21.4. The Morgan fingerprint density at radius 3 is 2.74 bits per heavy atom. The molecule has 31 heavy (non-hydrogen) atoms. The molecule has 0 radical (unpaired) electrons. The first-order chi connectivity index (χ1) is 15.1. The van der Waals surface area contributed by atoms with Crippen LogP contribution < -0.4 is 10.1 Å². The number of carbonyl (C=O) groups is 1. The molecule has 0 atom stereocenters. The van der Waals surface area contributed by atoms with E-state index in [9.17, 15) is 4.79 Å². The van der Waals surface area contributed by atoms with Crippen LogP contribution >= 0.6 is 34.7 Å². The monoisotopic (exact) mass is 470 g/mol. The minimum Gasteiger partial charge on any atom is -0.497 e. The molecule has 6 nitrogen and oxygen atoms in total. The van der Waals surface area contributed by atoms with Crippen molar-refractivity contribution in [3.05, 3.63) is 81.8 Å². The van der Waals surface area contributed by atoms with Crippen molar-refractivity contribution in [3.63, 3.8) is 0 Å². The number of thioether (sulfide) groups is 1. The fourth-order valence-electron chi connectivity index (χ4n) is 2.95. The Morgan fingerprint density at radius 2 is 2.00 bits per heavy atom. The van der Waals surface area contributed by atoms with Crippen LogP contribution in [0.25, 0.3) is 5.69 Å². The maximum Gasteiger partial charge on any atom is 0.234 e. The van der Waals surface area contributed by atoms with Gasteiger partial charge in [-0.1, -0.05) is 35.5 Å². The van der Waals surface area contributed by atoms with Crippen LogP contribution in [-0.4, -0.2) is 33.5 Å². The van der Waals surface area contributed by atoms with E-state index in [1.807, 2.05) is 58.5 Å². The molecule has 1 N–H and O–H groups in total. The summed E-state index contributed by atoms with van der Waals surface area (Å²) in [5.74, 6) is 1.55. The molecular formula is C22H19ClN4O2S2. The lowest BCUT2D eigenvalue weighted by molar-refractivity contribution is -0.113. The lowest BCUT2D eigenvalue weighted by Crippen LogP contribution is -2.14. The second kappa shape index (κ2) is 10.00. The predicted octanol–water partition coefficient (Wildman–Crippen LogP) is 5.31. The van der Waals surface area contributed by atoms with Gasteiger partial charge in [0.2, 0.25) is 5.91 Å². The molecule has 2 aromatic carbocycles. The SMILES string of the molecule is COc1cccc(NC(=O)CSc2nnc(Cc3cccs3)n2-c2ccc(Cl)cc2)c1. The van der Waals surface area contributed by atoms with E-state index < -0.39 is 0 Å². The highest BCUT2D eigenvalue weighted by molar-refractivity contribution is 7.99. The smallest absolute Gasteiger partial charge is 0.234 e. The zero-order valence-corrected chi connectivity index (χ0v) is 19.0. The van der Waals surface area contributed by atoms with Gasteiger partial charge in [0.1, 0.15) is 11.6 Å². The highest BCUT2D eigenvalue weighted by Crippen LogP contribution is 2.26. The van der Waals surface area contributed by atoms with Crippen LogP contribution in [0.5, 0.6) is 5.75 Å². The van der Waals surface area contributed by atoms with Gasteiger partial charge in [-0.3, -0.25) is 9.36 Å². The molecule has 0 bridgehead atoms. The van der Waals surface area contributed by atoms with Crippen molar-refractivity contribution in [2.45, 2.75) is 11.6 Å². The molecule has 0 spiro atoms. The third-order valence-corrected chi connectivity index (χ3v) is 6.44. The van der Waals surface area contributed by atoms with Crippen LogP contribution in [0.3, 0.4) is 0 Å². The summed E-state index contributed by atoms with van der Waals surface area (Å²) in [7, 11) is 1.59. The van der Waals surface area contributed by atoms with Crippen molar-refractivity contribution in [2.75, 3.05) is 18.2 Å².